The maximum atomic E-state index is 12.3. The molecule has 3 rings (SSSR count). The van der Waals surface area contributed by atoms with Crippen molar-refractivity contribution in [3.8, 4) is 0 Å². The third-order valence-corrected chi connectivity index (χ3v) is 6.02. The summed E-state index contributed by atoms with van der Waals surface area (Å²) in [6.07, 6.45) is 3.70. The fraction of sp³-hybridized carbons (Fsp3) is 0.480. The fourth-order valence-electron chi connectivity index (χ4n) is 4.17. The van der Waals surface area contributed by atoms with Crippen molar-refractivity contribution in [2.45, 2.75) is 70.1 Å². The molecular formula is C25H33ClN2O2. The van der Waals surface area contributed by atoms with Crippen molar-refractivity contribution in [3.63, 3.8) is 0 Å². The van der Waals surface area contributed by atoms with Gasteiger partial charge in [0, 0.05) is 29.6 Å². The Bertz CT molecular complexity index is 825. The van der Waals surface area contributed by atoms with Crippen LogP contribution in [-0.2, 0) is 16.7 Å². The SMILES string of the molecule is CC(C)(C)OC(=O)NC[C@]1(c2cccc(Cl)c2)CC[C@H](NCc2ccccc2)CC1. The van der Waals surface area contributed by atoms with E-state index in [-0.39, 0.29) is 11.5 Å². The quantitative estimate of drug-likeness (QED) is 0.608. The van der Waals surface area contributed by atoms with E-state index in [1.54, 1.807) is 0 Å². The molecule has 0 unspecified atom stereocenters. The molecule has 2 aromatic rings. The Morgan fingerprint density at radius 2 is 1.80 bits per heavy atom. The molecule has 0 aliphatic heterocycles. The van der Waals surface area contributed by atoms with Gasteiger partial charge in [-0.25, -0.2) is 4.79 Å². The van der Waals surface area contributed by atoms with E-state index in [1.807, 2.05) is 45.0 Å². The third kappa shape index (κ3) is 6.48. The van der Waals surface area contributed by atoms with Gasteiger partial charge in [-0.1, -0.05) is 54.1 Å². The van der Waals surface area contributed by atoms with Gasteiger partial charge < -0.3 is 15.4 Å². The number of rotatable bonds is 6. The van der Waals surface area contributed by atoms with Gasteiger partial charge >= 0.3 is 6.09 Å². The summed E-state index contributed by atoms with van der Waals surface area (Å²) >= 11 is 6.30. The predicted molar refractivity (Wildman–Crippen MR) is 123 cm³/mol. The van der Waals surface area contributed by atoms with Crippen LogP contribution >= 0.6 is 11.6 Å². The number of amides is 1. The first-order valence-corrected chi connectivity index (χ1v) is 11.1. The molecule has 1 aliphatic rings. The number of nitrogens with one attached hydrogen (secondary N) is 2. The van der Waals surface area contributed by atoms with E-state index < -0.39 is 5.60 Å². The lowest BCUT2D eigenvalue weighted by molar-refractivity contribution is 0.0506. The van der Waals surface area contributed by atoms with Gasteiger partial charge in [0.2, 0.25) is 0 Å². The van der Waals surface area contributed by atoms with Crippen LogP contribution in [0.25, 0.3) is 0 Å². The first-order valence-electron chi connectivity index (χ1n) is 10.8. The number of carbonyl (C=O) groups excluding carboxylic acids is 1. The monoisotopic (exact) mass is 428 g/mol. The van der Waals surface area contributed by atoms with Crippen molar-refractivity contribution in [2.24, 2.45) is 0 Å². The van der Waals surface area contributed by atoms with Crippen LogP contribution in [0.2, 0.25) is 5.02 Å². The van der Waals surface area contributed by atoms with Crippen molar-refractivity contribution < 1.29 is 9.53 Å². The van der Waals surface area contributed by atoms with Crippen LogP contribution in [0.4, 0.5) is 4.79 Å². The molecule has 1 fully saturated rings. The number of halogens is 1. The van der Waals surface area contributed by atoms with Crippen molar-refractivity contribution in [1.82, 2.24) is 10.6 Å². The second-order valence-electron chi connectivity index (χ2n) is 9.29. The fourth-order valence-corrected chi connectivity index (χ4v) is 4.36. The molecule has 0 atom stereocenters. The van der Waals surface area contributed by atoms with Crippen LogP contribution in [-0.4, -0.2) is 24.3 Å². The molecule has 0 radical (unpaired) electrons. The van der Waals surface area contributed by atoms with Crippen LogP contribution in [0.3, 0.4) is 0 Å². The summed E-state index contributed by atoms with van der Waals surface area (Å²) in [4.78, 5) is 12.3. The van der Waals surface area contributed by atoms with Crippen molar-refractivity contribution in [3.05, 3.63) is 70.7 Å². The average molecular weight is 429 g/mol. The number of ether oxygens (including phenoxy) is 1. The number of alkyl carbamates (subject to hydrolysis) is 1. The van der Waals surface area contributed by atoms with Crippen molar-refractivity contribution in [2.75, 3.05) is 6.54 Å². The van der Waals surface area contributed by atoms with E-state index in [1.165, 1.54) is 11.1 Å². The van der Waals surface area contributed by atoms with Gasteiger partial charge in [0.05, 0.1) is 0 Å². The topological polar surface area (TPSA) is 50.4 Å². The minimum atomic E-state index is -0.508. The first kappa shape index (κ1) is 22.6. The van der Waals surface area contributed by atoms with Crippen molar-refractivity contribution >= 4 is 17.7 Å². The maximum absolute atomic E-state index is 12.3. The molecule has 0 spiro atoms. The lowest BCUT2D eigenvalue weighted by Crippen LogP contribution is -2.47. The summed E-state index contributed by atoms with van der Waals surface area (Å²) in [6, 6.07) is 19.0. The van der Waals surface area contributed by atoms with E-state index in [0.717, 1.165) is 37.3 Å². The highest BCUT2D eigenvalue weighted by Crippen LogP contribution is 2.40. The standard InChI is InChI=1S/C25H33ClN2O2/c1-24(2,3)30-23(29)28-18-25(20-10-7-11-21(26)16-20)14-12-22(13-15-25)27-17-19-8-5-4-6-9-19/h4-11,16,22,27H,12-15,17-18H2,1-3H3,(H,28,29)/t22-,25-. The van der Waals surface area contributed by atoms with Crippen LogP contribution in [0.5, 0.6) is 0 Å². The minimum Gasteiger partial charge on any atom is -0.444 e. The van der Waals surface area contributed by atoms with Gasteiger partial charge in [-0.05, 0) is 69.7 Å². The Morgan fingerprint density at radius 1 is 1.10 bits per heavy atom. The van der Waals surface area contributed by atoms with Crippen LogP contribution < -0.4 is 10.6 Å². The molecule has 0 heterocycles. The molecular weight excluding hydrogens is 396 g/mol. The van der Waals surface area contributed by atoms with E-state index in [2.05, 4.69) is 41.0 Å². The molecule has 5 heteroatoms. The molecule has 4 nitrogen and oxygen atoms in total. The molecule has 162 valence electrons. The third-order valence-electron chi connectivity index (χ3n) is 5.79. The summed E-state index contributed by atoms with van der Waals surface area (Å²) in [5, 5.41) is 7.44. The lowest BCUT2D eigenvalue weighted by Gasteiger charge is -2.41. The van der Waals surface area contributed by atoms with Gasteiger partial charge in [-0.15, -0.1) is 0 Å². The minimum absolute atomic E-state index is 0.132. The van der Waals surface area contributed by atoms with Crippen LogP contribution in [0, 0.1) is 0 Å². The summed E-state index contributed by atoms with van der Waals surface area (Å²) in [5.74, 6) is 0. The highest BCUT2D eigenvalue weighted by Gasteiger charge is 2.37. The van der Waals surface area contributed by atoms with E-state index >= 15 is 0 Å². The molecule has 1 amide bonds. The maximum Gasteiger partial charge on any atom is 0.407 e. The Hall–Kier alpha value is -2.04. The van der Waals surface area contributed by atoms with Gasteiger partial charge in [-0.2, -0.15) is 0 Å². The summed E-state index contributed by atoms with van der Waals surface area (Å²) in [5.41, 5.74) is 1.85. The van der Waals surface area contributed by atoms with Crippen molar-refractivity contribution in [1.29, 1.82) is 0 Å². The zero-order valence-electron chi connectivity index (χ0n) is 18.2. The molecule has 1 saturated carbocycles. The molecule has 0 bridgehead atoms. The number of hydrogen-bond acceptors (Lipinski definition) is 3. The zero-order chi connectivity index (χ0) is 21.6. The second kappa shape index (κ2) is 9.84. The highest BCUT2D eigenvalue weighted by atomic mass is 35.5. The van der Waals surface area contributed by atoms with Gasteiger partial charge in [0.15, 0.2) is 0 Å². The van der Waals surface area contributed by atoms with Crippen LogP contribution in [0.15, 0.2) is 54.6 Å². The molecule has 2 N–H and O–H groups in total. The van der Waals surface area contributed by atoms with Gasteiger partial charge in [-0.3, -0.25) is 0 Å². The van der Waals surface area contributed by atoms with E-state index in [9.17, 15) is 4.79 Å². The highest BCUT2D eigenvalue weighted by molar-refractivity contribution is 6.30. The first-order chi connectivity index (χ1) is 14.3. The Labute approximate surface area is 185 Å². The second-order valence-corrected chi connectivity index (χ2v) is 9.72. The van der Waals surface area contributed by atoms with Crippen LogP contribution in [0.1, 0.15) is 57.6 Å². The normalized spacial score (nSPS) is 21.8. The Balaban J connectivity index is 1.65. The summed E-state index contributed by atoms with van der Waals surface area (Å²) < 4.78 is 5.45. The molecule has 0 saturated heterocycles. The van der Waals surface area contributed by atoms with E-state index in [0.29, 0.717) is 12.6 Å². The van der Waals surface area contributed by atoms with Gasteiger partial charge in [0.1, 0.15) is 5.60 Å². The number of benzene rings is 2. The smallest absolute Gasteiger partial charge is 0.407 e. The average Bonchev–Trinajstić information content (AvgIpc) is 2.71. The Kier molecular flexibility index (Phi) is 7.43. The lowest BCUT2D eigenvalue weighted by atomic mass is 9.68. The summed E-state index contributed by atoms with van der Waals surface area (Å²) in [7, 11) is 0. The number of carbonyl (C=O) groups is 1. The van der Waals surface area contributed by atoms with E-state index in [4.69, 9.17) is 16.3 Å². The zero-order valence-corrected chi connectivity index (χ0v) is 19.0. The molecule has 1 aliphatic carbocycles. The Morgan fingerprint density at radius 3 is 2.43 bits per heavy atom. The van der Waals surface area contributed by atoms with Gasteiger partial charge in [0.25, 0.3) is 0 Å². The summed E-state index contributed by atoms with van der Waals surface area (Å²) in [6.45, 7) is 7.06. The molecule has 30 heavy (non-hydrogen) atoms. The number of hydrogen-bond donors (Lipinski definition) is 2. The predicted octanol–water partition coefficient (Wildman–Crippen LogP) is 5.83. The molecule has 0 aromatic heterocycles. The largest absolute Gasteiger partial charge is 0.444 e. The molecule has 2 aromatic carbocycles.